The van der Waals surface area contributed by atoms with Crippen molar-refractivity contribution >= 4 is 5.91 Å². The number of amides is 1. The van der Waals surface area contributed by atoms with E-state index in [4.69, 9.17) is 14.2 Å². The van der Waals surface area contributed by atoms with Gasteiger partial charge in [-0.15, -0.1) is 0 Å². The van der Waals surface area contributed by atoms with Gasteiger partial charge in [-0.05, 0) is 36.2 Å². The van der Waals surface area contributed by atoms with Gasteiger partial charge in [-0.25, -0.2) is 0 Å². The minimum absolute atomic E-state index is 0.137. The molecule has 0 spiro atoms. The van der Waals surface area contributed by atoms with Crippen molar-refractivity contribution in [1.29, 1.82) is 0 Å². The third-order valence-corrected chi connectivity index (χ3v) is 3.86. The van der Waals surface area contributed by atoms with Gasteiger partial charge in [-0.3, -0.25) is 4.79 Å². The Balaban J connectivity index is 1.58. The monoisotopic (exact) mass is 327 g/mol. The molecule has 0 aliphatic carbocycles. The third-order valence-electron chi connectivity index (χ3n) is 3.86. The minimum Gasteiger partial charge on any atom is -0.496 e. The largest absolute Gasteiger partial charge is 0.496 e. The van der Waals surface area contributed by atoms with Crippen LogP contribution in [0, 0.1) is 0 Å². The predicted octanol–water partition coefficient (Wildman–Crippen LogP) is 2.83. The minimum atomic E-state index is -0.137. The van der Waals surface area contributed by atoms with E-state index in [0.717, 1.165) is 29.9 Å². The normalized spacial score (nSPS) is 13.0. The smallest absolute Gasteiger partial charge is 0.255 e. The molecule has 1 N–H and O–H groups in total. The zero-order chi connectivity index (χ0) is 16.8. The Morgan fingerprint density at radius 2 is 1.92 bits per heavy atom. The number of hydrogen-bond acceptors (Lipinski definition) is 4. The molecule has 0 fully saturated rings. The van der Waals surface area contributed by atoms with Crippen molar-refractivity contribution in [1.82, 2.24) is 5.32 Å². The first-order valence-electron chi connectivity index (χ1n) is 8.07. The van der Waals surface area contributed by atoms with Crippen LogP contribution in [0.3, 0.4) is 0 Å². The highest BCUT2D eigenvalue weighted by atomic mass is 16.5. The summed E-state index contributed by atoms with van der Waals surface area (Å²) in [6, 6.07) is 13.1. The lowest BCUT2D eigenvalue weighted by Crippen LogP contribution is -2.26. The van der Waals surface area contributed by atoms with Gasteiger partial charge in [0.25, 0.3) is 5.91 Å². The molecule has 0 bridgehead atoms. The first-order chi connectivity index (χ1) is 11.8. The van der Waals surface area contributed by atoms with E-state index in [-0.39, 0.29) is 5.91 Å². The molecule has 1 amide bonds. The molecular formula is C19H21NO4. The zero-order valence-electron chi connectivity index (χ0n) is 13.7. The van der Waals surface area contributed by atoms with Crippen LogP contribution < -0.4 is 19.5 Å². The van der Waals surface area contributed by atoms with Gasteiger partial charge in [-0.2, -0.15) is 0 Å². The summed E-state index contributed by atoms with van der Waals surface area (Å²) in [7, 11) is 1.56. The van der Waals surface area contributed by atoms with Crippen LogP contribution in [0.4, 0.5) is 0 Å². The van der Waals surface area contributed by atoms with E-state index in [2.05, 4.69) is 5.32 Å². The summed E-state index contributed by atoms with van der Waals surface area (Å²) in [4.78, 5) is 12.3. The Morgan fingerprint density at radius 3 is 2.75 bits per heavy atom. The molecule has 0 atom stereocenters. The summed E-state index contributed by atoms with van der Waals surface area (Å²) in [5, 5.41) is 2.92. The number of rotatable bonds is 5. The summed E-state index contributed by atoms with van der Waals surface area (Å²) in [6.45, 7) is 1.89. The van der Waals surface area contributed by atoms with Gasteiger partial charge in [0, 0.05) is 13.0 Å². The third kappa shape index (κ3) is 3.79. The van der Waals surface area contributed by atoms with Crippen LogP contribution in [0.1, 0.15) is 22.3 Å². The number of benzene rings is 2. The summed E-state index contributed by atoms with van der Waals surface area (Å²) in [6.07, 6.45) is 1.61. The molecule has 2 aromatic rings. The maximum Gasteiger partial charge on any atom is 0.255 e. The van der Waals surface area contributed by atoms with Crippen molar-refractivity contribution in [2.45, 2.75) is 12.8 Å². The van der Waals surface area contributed by atoms with E-state index in [0.29, 0.717) is 31.1 Å². The van der Waals surface area contributed by atoms with Gasteiger partial charge >= 0.3 is 0 Å². The lowest BCUT2D eigenvalue weighted by Gasteiger charge is -2.11. The average molecular weight is 327 g/mol. The van der Waals surface area contributed by atoms with Crippen LogP contribution in [0.25, 0.3) is 0 Å². The summed E-state index contributed by atoms with van der Waals surface area (Å²) < 4.78 is 16.5. The molecule has 1 aliphatic heterocycles. The number of carbonyl (C=O) groups excluding carboxylic acids is 1. The molecule has 5 heteroatoms. The number of para-hydroxylation sites is 1. The summed E-state index contributed by atoms with van der Waals surface area (Å²) >= 11 is 0. The summed E-state index contributed by atoms with van der Waals surface area (Å²) in [5.74, 6) is 2.00. The van der Waals surface area contributed by atoms with E-state index in [1.807, 2.05) is 30.3 Å². The van der Waals surface area contributed by atoms with Crippen LogP contribution in [0.15, 0.2) is 42.5 Å². The first-order valence-corrected chi connectivity index (χ1v) is 8.07. The molecule has 126 valence electrons. The molecule has 0 saturated heterocycles. The van der Waals surface area contributed by atoms with Crippen LogP contribution in [-0.2, 0) is 6.42 Å². The molecule has 5 nitrogen and oxygen atoms in total. The molecule has 24 heavy (non-hydrogen) atoms. The Kier molecular flexibility index (Phi) is 5.21. The van der Waals surface area contributed by atoms with Gasteiger partial charge in [0.15, 0.2) is 11.5 Å². The van der Waals surface area contributed by atoms with Gasteiger partial charge in [0.2, 0.25) is 0 Å². The lowest BCUT2D eigenvalue weighted by atomic mass is 10.1. The van der Waals surface area contributed by atoms with Gasteiger partial charge in [0.05, 0.1) is 25.9 Å². The highest BCUT2D eigenvalue weighted by Crippen LogP contribution is 2.30. The lowest BCUT2D eigenvalue weighted by molar-refractivity contribution is 0.0951. The fourth-order valence-electron chi connectivity index (χ4n) is 2.61. The second kappa shape index (κ2) is 7.73. The van der Waals surface area contributed by atoms with Crippen molar-refractivity contribution in [3.05, 3.63) is 53.6 Å². The van der Waals surface area contributed by atoms with Crippen molar-refractivity contribution in [2.24, 2.45) is 0 Å². The molecule has 0 aromatic heterocycles. The van der Waals surface area contributed by atoms with E-state index >= 15 is 0 Å². The molecule has 2 aromatic carbocycles. The Labute approximate surface area is 141 Å². The molecule has 0 radical (unpaired) electrons. The van der Waals surface area contributed by atoms with E-state index in [1.165, 1.54) is 0 Å². The standard InChI is InChI=1S/C19H21NO4/c1-22-16-6-3-2-5-15(16)19(21)20-10-9-14-7-8-17-18(13-14)24-12-4-11-23-17/h2-3,5-8,13H,4,9-12H2,1H3,(H,20,21). The van der Waals surface area contributed by atoms with Crippen LogP contribution >= 0.6 is 0 Å². The molecule has 1 aliphatic rings. The quantitative estimate of drug-likeness (QED) is 0.917. The number of ether oxygens (including phenoxy) is 3. The topological polar surface area (TPSA) is 56.8 Å². The fraction of sp³-hybridized carbons (Fsp3) is 0.316. The molecule has 0 saturated carbocycles. The first kappa shape index (κ1) is 16.2. The number of nitrogens with one attached hydrogen (secondary N) is 1. The van der Waals surface area contributed by atoms with Crippen LogP contribution in [0.2, 0.25) is 0 Å². The molecule has 0 unspecified atom stereocenters. The Bertz CT molecular complexity index is 714. The number of methoxy groups -OCH3 is 1. The van der Waals surface area contributed by atoms with Crippen LogP contribution in [0.5, 0.6) is 17.2 Å². The molecular weight excluding hydrogens is 306 g/mol. The Hall–Kier alpha value is -2.69. The SMILES string of the molecule is COc1ccccc1C(=O)NCCc1ccc2c(c1)OCCCO2. The average Bonchev–Trinajstić information content (AvgIpc) is 2.86. The van der Waals surface area contributed by atoms with Crippen molar-refractivity contribution in [2.75, 3.05) is 26.9 Å². The van der Waals surface area contributed by atoms with Gasteiger partial charge in [0.1, 0.15) is 5.75 Å². The van der Waals surface area contributed by atoms with Crippen LogP contribution in [-0.4, -0.2) is 32.8 Å². The van der Waals surface area contributed by atoms with Crippen molar-refractivity contribution in [3.63, 3.8) is 0 Å². The molecule has 1 heterocycles. The molecule has 3 rings (SSSR count). The maximum atomic E-state index is 12.3. The van der Waals surface area contributed by atoms with Gasteiger partial charge < -0.3 is 19.5 Å². The zero-order valence-corrected chi connectivity index (χ0v) is 13.7. The maximum absolute atomic E-state index is 12.3. The number of hydrogen-bond donors (Lipinski definition) is 1. The summed E-state index contributed by atoms with van der Waals surface area (Å²) in [5.41, 5.74) is 1.64. The second-order valence-corrected chi connectivity index (χ2v) is 5.54. The van der Waals surface area contributed by atoms with E-state index in [1.54, 1.807) is 19.2 Å². The van der Waals surface area contributed by atoms with Gasteiger partial charge in [-0.1, -0.05) is 18.2 Å². The van der Waals surface area contributed by atoms with E-state index in [9.17, 15) is 4.79 Å². The Morgan fingerprint density at radius 1 is 1.12 bits per heavy atom. The predicted molar refractivity (Wildman–Crippen MR) is 91.1 cm³/mol. The fourth-order valence-corrected chi connectivity index (χ4v) is 2.61. The number of carbonyl (C=O) groups is 1. The van der Waals surface area contributed by atoms with Crippen molar-refractivity contribution in [3.8, 4) is 17.2 Å². The highest BCUT2D eigenvalue weighted by molar-refractivity contribution is 5.96. The number of fused-ring (bicyclic) bond motifs is 1. The second-order valence-electron chi connectivity index (χ2n) is 5.54. The van der Waals surface area contributed by atoms with Crippen molar-refractivity contribution < 1.29 is 19.0 Å². The highest BCUT2D eigenvalue weighted by Gasteiger charge is 2.12. The van der Waals surface area contributed by atoms with E-state index < -0.39 is 0 Å².